The molecule has 5 heteroatoms. The highest BCUT2D eigenvalue weighted by Crippen LogP contribution is 2.10. The van der Waals surface area contributed by atoms with Crippen LogP contribution < -0.4 is 10.1 Å². The van der Waals surface area contributed by atoms with Gasteiger partial charge in [-0.15, -0.1) is 0 Å². The Morgan fingerprint density at radius 2 is 2.00 bits per heavy atom. The predicted octanol–water partition coefficient (Wildman–Crippen LogP) is 1.03. The van der Waals surface area contributed by atoms with Crippen molar-refractivity contribution in [2.45, 2.75) is 31.9 Å². The number of hydrogen-bond donors (Lipinski definition) is 2. The molecule has 0 saturated carbocycles. The van der Waals surface area contributed by atoms with E-state index >= 15 is 0 Å². The van der Waals surface area contributed by atoms with E-state index in [1.54, 1.807) is 0 Å². The molecule has 0 radical (unpaired) electrons. The van der Waals surface area contributed by atoms with Crippen molar-refractivity contribution < 1.29 is 14.6 Å². The average molecular weight is 292 g/mol. The summed E-state index contributed by atoms with van der Waals surface area (Å²) in [7, 11) is 0. The van der Waals surface area contributed by atoms with Crippen LogP contribution >= 0.6 is 0 Å². The van der Waals surface area contributed by atoms with Crippen LogP contribution in [0.25, 0.3) is 0 Å². The Balaban J connectivity index is 1.66. The molecule has 116 valence electrons. The van der Waals surface area contributed by atoms with Gasteiger partial charge in [0, 0.05) is 19.6 Å². The van der Waals surface area contributed by atoms with Gasteiger partial charge in [0.2, 0.25) is 5.91 Å². The van der Waals surface area contributed by atoms with Gasteiger partial charge in [0.1, 0.15) is 18.5 Å². The maximum atomic E-state index is 12.1. The number of ether oxygens (including phenoxy) is 1. The van der Waals surface area contributed by atoms with Gasteiger partial charge in [-0.2, -0.15) is 0 Å². The van der Waals surface area contributed by atoms with E-state index in [-0.39, 0.29) is 18.6 Å². The van der Waals surface area contributed by atoms with Crippen LogP contribution in [0, 0.1) is 0 Å². The lowest BCUT2D eigenvalue weighted by Crippen LogP contribution is -2.46. The van der Waals surface area contributed by atoms with Gasteiger partial charge in [-0.3, -0.25) is 4.79 Å². The largest absolute Gasteiger partial charge is 0.491 e. The average Bonchev–Trinajstić information content (AvgIpc) is 3.05. The van der Waals surface area contributed by atoms with Crippen LogP contribution in [0.4, 0.5) is 0 Å². The fraction of sp³-hybridized carbons (Fsp3) is 0.562. The van der Waals surface area contributed by atoms with Crippen molar-refractivity contribution in [3.8, 4) is 5.75 Å². The minimum absolute atomic E-state index is 0.115. The van der Waals surface area contributed by atoms with E-state index < -0.39 is 6.10 Å². The van der Waals surface area contributed by atoms with Gasteiger partial charge >= 0.3 is 0 Å². The molecule has 0 aromatic heterocycles. The smallest absolute Gasteiger partial charge is 0.239 e. The second kappa shape index (κ2) is 8.00. The highest BCUT2D eigenvalue weighted by molar-refractivity contribution is 5.81. The van der Waals surface area contributed by atoms with E-state index in [9.17, 15) is 9.90 Å². The van der Waals surface area contributed by atoms with E-state index in [2.05, 4.69) is 5.32 Å². The lowest BCUT2D eigenvalue weighted by molar-refractivity contribution is -0.132. The standard InChI is InChI=1S/C16H24N2O3/c1-13(16(20)18-9-5-6-10-18)17-11-14(19)12-21-15-7-3-2-4-8-15/h2-4,7-8,13-14,17,19H,5-6,9-12H2,1H3. The summed E-state index contributed by atoms with van der Waals surface area (Å²) in [5, 5.41) is 13.0. The van der Waals surface area contributed by atoms with Crippen LogP contribution in [0.2, 0.25) is 0 Å². The summed E-state index contributed by atoms with van der Waals surface area (Å²) in [5.74, 6) is 0.849. The molecule has 0 aliphatic carbocycles. The predicted molar refractivity (Wildman–Crippen MR) is 81.2 cm³/mol. The summed E-state index contributed by atoms with van der Waals surface area (Å²) in [4.78, 5) is 14.0. The maximum absolute atomic E-state index is 12.1. The SMILES string of the molecule is CC(NCC(O)COc1ccccc1)C(=O)N1CCCC1. The summed E-state index contributed by atoms with van der Waals surface area (Å²) < 4.78 is 5.48. The zero-order valence-corrected chi connectivity index (χ0v) is 12.5. The van der Waals surface area contributed by atoms with Gasteiger partial charge in [-0.05, 0) is 31.9 Å². The molecule has 1 aromatic carbocycles. The second-order valence-corrected chi connectivity index (χ2v) is 5.44. The molecule has 1 aromatic rings. The molecule has 21 heavy (non-hydrogen) atoms. The first-order chi connectivity index (χ1) is 10.2. The Kier molecular flexibility index (Phi) is 6.02. The van der Waals surface area contributed by atoms with E-state index in [0.29, 0.717) is 6.54 Å². The van der Waals surface area contributed by atoms with Gasteiger partial charge in [0.05, 0.1) is 6.04 Å². The number of para-hydroxylation sites is 1. The van der Waals surface area contributed by atoms with Gasteiger partial charge in [0.15, 0.2) is 0 Å². The van der Waals surface area contributed by atoms with Gasteiger partial charge in [0.25, 0.3) is 0 Å². The molecular weight excluding hydrogens is 268 g/mol. The molecule has 2 rings (SSSR count). The summed E-state index contributed by atoms with van der Waals surface area (Å²) in [6.45, 7) is 4.09. The molecule has 0 bridgehead atoms. The quantitative estimate of drug-likeness (QED) is 0.788. The molecule has 5 nitrogen and oxygen atoms in total. The third kappa shape index (κ3) is 5.02. The van der Waals surface area contributed by atoms with E-state index in [4.69, 9.17) is 4.74 Å². The number of likely N-dealkylation sites (tertiary alicyclic amines) is 1. The Morgan fingerprint density at radius 3 is 2.67 bits per heavy atom. The van der Waals surface area contributed by atoms with Crippen molar-refractivity contribution in [1.29, 1.82) is 0 Å². The topological polar surface area (TPSA) is 61.8 Å². The number of benzene rings is 1. The van der Waals surface area contributed by atoms with E-state index in [1.165, 1.54) is 0 Å². The zero-order chi connectivity index (χ0) is 15.1. The van der Waals surface area contributed by atoms with Crippen molar-refractivity contribution in [2.24, 2.45) is 0 Å². The number of rotatable bonds is 7. The van der Waals surface area contributed by atoms with Crippen LogP contribution in [0.3, 0.4) is 0 Å². The Bertz CT molecular complexity index is 432. The highest BCUT2D eigenvalue weighted by atomic mass is 16.5. The first kappa shape index (κ1) is 15.8. The third-order valence-corrected chi connectivity index (χ3v) is 3.63. The molecular formula is C16H24N2O3. The summed E-state index contributed by atoms with van der Waals surface area (Å²) in [6, 6.07) is 9.11. The number of aliphatic hydroxyl groups excluding tert-OH is 1. The van der Waals surface area contributed by atoms with Gasteiger partial charge in [-0.1, -0.05) is 18.2 Å². The molecule has 2 atom stereocenters. The molecule has 1 fully saturated rings. The van der Waals surface area contributed by atoms with Crippen molar-refractivity contribution in [3.05, 3.63) is 30.3 Å². The number of carbonyl (C=O) groups is 1. The van der Waals surface area contributed by atoms with E-state index in [0.717, 1.165) is 31.7 Å². The minimum Gasteiger partial charge on any atom is -0.491 e. The molecule has 1 saturated heterocycles. The molecule has 1 aliphatic rings. The Morgan fingerprint density at radius 1 is 1.33 bits per heavy atom. The number of aliphatic hydroxyl groups is 1. The number of nitrogens with zero attached hydrogens (tertiary/aromatic N) is 1. The number of hydrogen-bond acceptors (Lipinski definition) is 4. The maximum Gasteiger partial charge on any atom is 0.239 e. The summed E-state index contributed by atoms with van der Waals surface area (Å²) in [5.41, 5.74) is 0. The van der Waals surface area contributed by atoms with Crippen LogP contribution in [0.5, 0.6) is 5.75 Å². The lowest BCUT2D eigenvalue weighted by Gasteiger charge is -2.22. The fourth-order valence-corrected chi connectivity index (χ4v) is 2.38. The fourth-order valence-electron chi connectivity index (χ4n) is 2.38. The van der Waals surface area contributed by atoms with Crippen molar-refractivity contribution in [1.82, 2.24) is 10.2 Å². The molecule has 2 N–H and O–H groups in total. The van der Waals surface area contributed by atoms with Crippen LogP contribution in [0.15, 0.2) is 30.3 Å². The number of carbonyl (C=O) groups excluding carboxylic acids is 1. The van der Waals surface area contributed by atoms with Crippen LogP contribution in [-0.2, 0) is 4.79 Å². The molecule has 1 aliphatic heterocycles. The number of nitrogens with one attached hydrogen (secondary N) is 1. The molecule has 0 spiro atoms. The van der Waals surface area contributed by atoms with Crippen LogP contribution in [-0.4, -0.2) is 54.3 Å². The molecule has 1 amide bonds. The van der Waals surface area contributed by atoms with Crippen molar-refractivity contribution in [3.63, 3.8) is 0 Å². The Labute approximate surface area is 125 Å². The van der Waals surface area contributed by atoms with Crippen molar-refractivity contribution in [2.75, 3.05) is 26.2 Å². The minimum atomic E-state index is -0.640. The first-order valence-electron chi connectivity index (χ1n) is 7.55. The second-order valence-electron chi connectivity index (χ2n) is 5.44. The lowest BCUT2D eigenvalue weighted by atomic mass is 10.2. The molecule has 1 heterocycles. The summed E-state index contributed by atoms with van der Waals surface area (Å²) >= 11 is 0. The van der Waals surface area contributed by atoms with Crippen molar-refractivity contribution >= 4 is 5.91 Å². The van der Waals surface area contributed by atoms with Gasteiger partial charge in [-0.25, -0.2) is 0 Å². The van der Waals surface area contributed by atoms with E-state index in [1.807, 2.05) is 42.2 Å². The van der Waals surface area contributed by atoms with Gasteiger partial charge < -0.3 is 20.1 Å². The Hall–Kier alpha value is -1.59. The highest BCUT2D eigenvalue weighted by Gasteiger charge is 2.23. The summed E-state index contributed by atoms with van der Waals surface area (Å²) in [6.07, 6.45) is 1.54. The molecule has 2 unspecified atom stereocenters. The monoisotopic (exact) mass is 292 g/mol. The normalized spacial score (nSPS) is 17.5. The first-order valence-corrected chi connectivity index (χ1v) is 7.55. The third-order valence-electron chi connectivity index (χ3n) is 3.63. The zero-order valence-electron chi connectivity index (χ0n) is 12.5. The number of amides is 1. The van der Waals surface area contributed by atoms with Crippen LogP contribution in [0.1, 0.15) is 19.8 Å².